The van der Waals surface area contributed by atoms with E-state index in [2.05, 4.69) is 18.9 Å². The van der Waals surface area contributed by atoms with Gasteiger partial charge in [0.25, 0.3) is 0 Å². The molecule has 0 aromatic carbocycles. The topological polar surface area (TPSA) is 43.8 Å². The van der Waals surface area contributed by atoms with Gasteiger partial charge in [0.1, 0.15) is 0 Å². The number of aromatic nitrogens is 2. The molecule has 3 nitrogen and oxygen atoms in total. The van der Waals surface area contributed by atoms with Crippen molar-refractivity contribution in [3.63, 3.8) is 0 Å². The molecule has 4 heteroatoms. The van der Waals surface area contributed by atoms with Crippen LogP contribution in [-0.4, -0.2) is 21.3 Å². The lowest BCUT2D eigenvalue weighted by Crippen LogP contribution is -2.18. The molecule has 1 aromatic rings. The molecular weight excluding hydrogens is 194 g/mol. The summed E-state index contributed by atoms with van der Waals surface area (Å²) in [6.45, 7) is 5.17. The van der Waals surface area contributed by atoms with Gasteiger partial charge in [-0.3, -0.25) is 4.68 Å². The van der Waals surface area contributed by atoms with Crippen LogP contribution in [0, 0.1) is 0 Å². The van der Waals surface area contributed by atoms with Gasteiger partial charge in [0.05, 0.1) is 11.7 Å². The average molecular weight is 213 g/mol. The van der Waals surface area contributed by atoms with Crippen LogP contribution in [-0.2, 0) is 6.54 Å². The molecule has 1 rings (SSSR count). The second-order valence-corrected chi connectivity index (χ2v) is 4.40. The Balaban J connectivity index is 2.47. The van der Waals surface area contributed by atoms with Gasteiger partial charge >= 0.3 is 0 Å². The Hall–Kier alpha value is -0.480. The van der Waals surface area contributed by atoms with Crippen LogP contribution in [0.5, 0.6) is 0 Å². The Bertz CT molecular complexity index is 260. The summed E-state index contributed by atoms with van der Waals surface area (Å²) in [5.41, 5.74) is 7.22. The highest BCUT2D eigenvalue weighted by Gasteiger charge is 2.10. The third kappa shape index (κ3) is 3.03. The van der Waals surface area contributed by atoms with E-state index < -0.39 is 0 Å². The van der Waals surface area contributed by atoms with Crippen LogP contribution >= 0.6 is 11.8 Å². The van der Waals surface area contributed by atoms with Crippen molar-refractivity contribution in [3.8, 4) is 0 Å². The standard InChI is InChI=1S/C10H19N3S/c1-3-7-14-8-9(11)10-5-6-12-13(10)4-2/h5-6,9H,3-4,7-8,11H2,1-2H3. The summed E-state index contributed by atoms with van der Waals surface area (Å²) < 4.78 is 1.97. The summed E-state index contributed by atoms with van der Waals surface area (Å²) in [6.07, 6.45) is 3.04. The van der Waals surface area contributed by atoms with Crippen LogP contribution in [0.25, 0.3) is 0 Å². The van der Waals surface area contributed by atoms with Crippen molar-refractivity contribution in [1.29, 1.82) is 0 Å². The third-order valence-corrected chi connectivity index (χ3v) is 3.37. The van der Waals surface area contributed by atoms with Gasteiger partial charge in [-0.2, -0.15) is 16.9 Å². The van der Waals surface area contributed by atoms with E-state index in [1.807, 2.05) is 28.7 Å². The molecule has 0 amide bonds. The zero-order valence-electron chi connectivity index (χ0n) is 8.94. The third-order valence-electron chi connectivity index (χ3n) is 2.07. The van der Waals surface area contributed by atoms with Crippen LogP contribution in [0.2, 0.25) is 0 Å². The second-order valence-electron chi connectivity index (χ2n) is 3.25. The van der Waals surface area contributed by atoms with Crippen molar-refractivity contribution in [2.45, 2.75) is 32.9 Å². The molecule has 0 saturated carbocycles. The van der Waals surface area contributed by atoms with Crippen LogP contribution in [0.3, 0.4) is 0 Å². The lowest BCUT2D eigenvalue weighted by atomic mass is 10.2. The van der Waals surface area contributed by atoms with Crippen molar-refractivity contribution >= 4 is 11.8 Å². The summed E-state index contributed by atoms with van der Waals surface area (Å²) in [5.74, 6) is 2.17. The van der Waals surface area contributed by atoms with E-state index in [0.29, 0.717) is 0 Å². The van der Waals surface area contributed by atoms with Gasteiger partial charge in [-0.25, -0.2) is 0 Å². The fourth-order valence-electron chi connectivity index (χ4n) is 1.36. The molecule has 0 aliphatic rings. The fraction of sp³-hybridized carbons (Fsp3) is 0.700. The minimum absolute atomic E-state index is 0.119. The molecular formula is C10H19N3S. The Morgan fingerprint density at radius 1 is 1.57 bits per heavy atom. The quantitative estimate of drug-likeness (QED) is 0.735. The molecule has 0 fully saturated rings. The monoisotopic (exact) mass is 213 g/mol. The number of nitrogens with two attached hydrogens (primary N) is 1. The van der Waals surface area contributed by atoms with Crippen LogP contribution in [0.4, 0.5) is 0 Å². The van der Waals surface area contributed by atoms with Gasteiger partial charge in [0, 0.05) is 18.5 Å². The molecule has 0 spiro atoms. The Morgan fingerprint density at radius 3 is 3.00 bits per heavy atom. The molecule has 0 saturated heterocycles. The van der Waals surface area contributed by atoms with E-state index in [-0.39, 0.29) is 6.04 Å². The summed E-state index contributed by atoms with van der Waals surface area (Å²) >= 11 is 1.91. The molecule has 1 aromatic heterocycles. The van der Waals surface area contributed by atoms with Gasteiger partial charge in [-0.1, -0.05) is 6.92 Å². The summed E-state index contributed by atoms with van der Waals surface area (Å²) in [7, 11) is 0. The van der Waals surface area contributed by atoms with Gasteiger partial charge in [0.15, 0.2) is 0 Å². The Labute approximate surface area is 90.1 Å². The maximum Gasteiger partial charge on any atom is 0.0559 e. The Kier molecular flexibility index (Phi) is 5.04. The molecule has 14 heavy (non-hydrogen) atoms. The lowest BCUT2D eigenvalue weighted by Gasteiger charge is -2.12. The van der Waals surface area contributed by atoms with Gasteiger partial charge in [0.2, 0.25) is 0 Å². The predicted molar refractivity (Wildman–Crippen MR) is 62.4 cm³/mol. The van der Waals surface area contributed by atoms with Crippen LogP contribution < -0.4 is 5.73 Å². The molecule has 2 N–H and O–H groups in total. The number of thioether (sulfide) groups is 1. The normalized spacial score (nSPS) is 13.1. The number of nitrogens with zero attached hydrogens (tertiary/aromatic N) is 2. The first-order chi connectivity index (χ1) is 6.79. The van der Waals surface area contributed by atoms with E-state index >= 15 is 0 Å². The zero-order chi connectivity index (χ0) is 10.4. The van der Waals surface area contributed by atoms with Crippen molar-refractivity contribution in [3.05, 3.63) is 18.0 Å². The SMILES string of the molecule is CCCSCC(N)c1ccnn1CC. The molecule has 1 unspecified atom stereocenters. The van der Waals surface area contributed by atoms with Crippen LogP contribution in [0.15, 0.2) is 12.3 Å². The number of hydrogen-bond acceptors (Lipinski definition) is 3. The Morgan fingerprint density at radius 2 is 2.36 bits per heavy atom. The van der Waals surface area contributed by atoms with E-state index in [9.17, 15) is 0 Å². The van der Waals surface area contributed by atoms with E-state index in [1.54, 1.807) is 0 Å². The molecule has 80 valence electrons. The van der Waals surface area contributed by atoms with Crippen molar-refractivity contribution < 1.29 is 0 Å². The molecule has 0 aliphatic heterocycles. The van der Waals surface area contributed by atoms with Crippen molar-refractivity contribution in [2.75, 3.05) is 11.5 Å². The smallest absolute Gasteiger partial charge is 0.0559 e. The van der Waals surface area contributed by atoms with Crippen molar-refractivity contribution in [1.82, 2.24) is 9.78 Å². The average Bonchev–Trinajstić information content (AvgIpc) is 2.65. The molecule has 1 heterocycles. The number of aryl methyl sites for hydroxylation is 1. The zero-order valence-corrected chi connectivity index (χ0v) is 9.76. The highest BCUT2D eigenvalue weighted by Crippen LogP contribution is 2.16. The first-order valence-electron chi connectivity index (χ1n) is 5.14. The molecule has 0 bridgehead atoms. The predicted octanol–water partition coefficient (Wildman–Crippen LogP) is 2.05. The molecule has 0 aliphatic carbocycles. The van der Waals surface area contributed by atoms with E-state index in [4.69, 9.17) is 5.73 Å². The first-order valence-corrected chi connectivity index (χ1v) is 6.30. The number of rotatable bonds is 6. The number of hydrogen-bond donors (Lipinski definition) is 1. The van der Waals surface area contributed by atoms with Gasteiger partial charge in [-0.15, -0.1) is 0 Å². The first kappa shape index (κ1) is 11.6. The second kappa shape index (κ2) is 6.09. The maximum absolute atomic E-state index is 6.07. The van der Waals surface area contributed by atoms with E-state index in [1.165, 1.54) is 12.2 Å². The molecule has 0 radical (unpaired) electrons. The minimum Gasteiger partial charge on any atom is -0.322 e. The molecule has 1 atom stereocenters. The van der Waals surface area contributed by atoms with Crippen molar-refractivity contribution in [2.24, 2.45) is 5.73 Å². The highest BCUT2D eigenvalue weighted by atomic mass is 32.2. The van der Waals surface area contributed by atoms with Gasteiger partial charge in [-0.05, 0) is 25.2 Å². The summed E-state index contributed by atoms with van der Waals surface area (Å²) in [5, 5.41) is 4.21. The summed E-state index contributed by atoms with van der Waals surface area (Å²) in [6, 6.07) is 2.13. The lowest BCUT2D eigenvalue weighted by molar-refractivity contribution is 0.593. The summed E-state index contributed by atoms with van der Waals surface area (Å²) in [4.78, 5) is 0. The maximum atomic E-state index is 6.07. The van der Waals surface area contributed by atoms with Gasteiger partial charge < -0.3 is 5.73 Å². The van der Waals surface area contributed by atoms with E-state index in [0.717, 1.165) is 18.0 Å². The largest absolute Gasteiger partial charge is 0.322 e. The minimum atomic E-state index is 0.119. The fourth-order valence-corrected chi connectivity index (χ4v) is 2.24. The highest BCUT2D eigenvalue weighted by molar-refractivity contribution is 7.99. The van der Waals surface area contributed by atoms with Crippen LogP contribution in [0.1, 0.15) is 32.0 Å².